The summed E-state index contributed by atoms with van der Waals surface area (Å²) in [6, 6.07) is 22.5. The molecule has 4 aromatic rings. The Labute approximate surface area is 177 Å². The molecule has 0 unspecified atom stereocenters. The fraction of sp³-hybridized carbons (Fsp3) is 0.240. The highest BCUT2D eigenvalue weighted by Gasteiger charge is 2.51. The lowest BCUT2D eigenvalue weighted by Gasteiger charge is -2.32. The van der Waals surface area contributed by atoms with Crippen LogP contribution in [-0.4, -0.2) is 22.9 Å². The molecule has 0 radical (unpaired) electrons. The molecule has 3 aromatic carbocycles. The maximum Gasteiger partial charge on any atom is 0.494 e. The van der Waals surface area contributed by atoms with E-state index in [1.54, 1.807) is 0 Å². The van der Waals surface area contributed by atoms with Crippen molar-refractivity contribution in [2.45, 2.75) is 38.9 Å². The summed E-state index contributed by atoms with van der Waals surface area (Å²) >= 11 is 0. The molecule has 1 aliphatic rings. The summed E-state index contributed by atoms with van der Waals surface area (Å²) in [5.74, 6) is 0. The van der Waals surface area contributed by atoms with Crippen LogP contribution in [0.2, 0.25) is 0 Å². The normalized spacial score (nSPS) is 17.5. The fourth-order valence-electron chi connectivity index (χ4n) is 4.08. The highest BCUT2D eigenvalue weighted by atomic mass is 16.7. The fourth-order valence-corrected chi connectivity index (χ4v) is 4.08. The zero-order chi connectivity index (χ0) is 21.1. The van der Waals surface area contributed by atoms with Gasteiger partial charge in [0, 0.05) is 11.1 Å². The van der Waals surface area contributed by atoms with Crippen LogP contribution in [0.15, 0.2) is 66.7 Å². The summed E-state index contributed by atoms with van der Waals surface area (Å²) in [6.45, 7) is 15.7. The molecule has 0 amide bonds. The minimum atomic E-state index is -0.418. The monoisotopic (exact) mass is 394 g/mol. The molecule has 1 saturated heterocycles. The van der Waals surface area contributed by atoms with Gasteiger partial charge in [0.2, 0.25) is 0 Å². The second kappa shape index (κ2) is 6.47. The van der Waals surface area contributed by atoms with Crippen LogP contribution < -0.4 is 5.46 Å². The Morgan fingerprint density at radius 2 is 1.40 bits per heavy atom. The molecule has 30 heavy (non-hydrogen) atoms. The average Bonchev–Trinajstić information content (AvgIpc) is 3.17. The van der Waals surface area contributed by atoms with Crippen molar-refractivity contribution in [3.63, 3.8) is 0 Å². The largest absolute Gasteiger partial charge is 0.494 e. The molecule has 0 atom stereocenters. The standard InChI is InChI=1S/C25H23BN2O2/c1-24(2)25(3,4)30-26(29-24)17-11-13-22-20(15-17)21-16-18(27-5)12-14-23(21)28(22)19-9-7-6-8-10-19/h6-16H,1-4H3. The zero-order valence-electron chi connectivity index (χ0n) is 17.6. The molecule has 0 saturated carbocycles. The lowest BCUT2D eigenvalue weighted by atomic mass is 9.78. The first-order valence-electron chi connectivity index (χ1n) is 10.2. The van der Waals surface area contributed by atoms with Gasteiger partial charge in [0.15, 0.2) is 5.69 Å². The highest BCUT2D eigenvalue weighted by Crippen LogP contribution is 2.38. The molecule has 2 heterocycles. The van der Waals surface area contributed by atoms with E-state index in [0.717, 1.165) is 33.0 Å². The van der Waals surface area contributed by atoms with E-state index in [1.807, 2.05) is 36.4 Å². The number of para-hydroxylation sites is 1. The first kappa shape index (κ1) is 18.9. The number of fused-ring (bicyclic) bond motifs is 3. The Morgan fingerprint density at radius 1 is 0.800 bits per heavy atom. The topological polar surface area (TPSA) is 27.8 Å². The third kappa shape index (κ3) is 2.76. The number of nitrogens with zero attached hydrogens (tertiary/aromatic N) is 2. The Hall–Kier alpha value is -3.07. The molecular formula is C25H23BN2O2. The number of hydrogen-bond acceptors (Lipinski definition) is 2. The van der Waals surface area contributed by atoms with Crippen LogP contribution in [-0.2, 0) is 9.31 Å². The van der Waals surface area contributed by atoms with Gasteiger partial charge >= 0.3 is 7.12 Å². The van der Waals surface area contributed by atoms with Crippen molar-refractivity contribution in [3.8, 4) is 5.69 Å². The SMILES string of the molecule is [C-]#[N+]c1ccc2c(c1)c1cc(B3OC(C)(C)C(C)(C)O3)ccc1n2-c1ccccc1. The maximum atomic E-state index is 7.44. The molecule has 4 nitrogen and oxygen atoms in total. The van der Waals surface area contributed by atoms with Crippen LogP contribution in [0.4, 0.5) is 5.69 Å². The number of benzene rings is 3. The Balaban J connectivity index is 1.75. The summed E-state index contributed by atoms with van der Waals surface area (Å²) < 4.78 is 14.8. The molecule has 1 aromatic heterocycles. The molecular weight excluding hydrogens is 371 g/mol. The van der Waals surface area contributed by atoms with Crippen LogP contribution >= 0.6 is 0 Å². The van der Waals surface area contributed by atoms with Gasteiger partial charge in [-0.2, -0.15) is 0 Å². The first-order chi connectivity index (χ1) is 14.3. The van der Waals surface area contributed by atoms with Crippen molar-refractivity contribution in [1.82, 2.24) is 4.57 Å². The summed E-state index contributed by atoms with van der Waals surface area (Å²) in [5.41, 5.74) is 4.12. The minimum absolute atomic E-state index is 0.387. The summed E-state index contributed by atoms with van der Waals surface area (Å²) in [4.78, 5) is 3.64. The Bertz CT molecular complexity index is 1300. The zero-order valence-corrected chi connectivity index (χ0v) is 17.6. The molecule has 0 bridgehead atoms. The minimum Gasteiger partial charge on any atom is -0.399 e. The van der Waals surface area contributed by atoms with Crippen LogP contribution in [0, 0.1) is 6.57 Å². The van der Waals surface area contributed by atoms with Crippen molar-refractivity contribution in [2.24, 2.45) is 0 Å². The van der Waals surface area contributed by atoms with Crippen molar-refractivity contribution in [1.29, 1.82) is 0 Å². The predicted octanol–water partition coefficient (Wildman–Crippen LogP) is 5.63. The van der Waals surface area contributed by atoms with Crippen molar-refractivity contribution < 1.29 is 9.31 Å². The van der Waals surface area contributed by atoms with E-state index in [1.165, 1.54) is 0 Å². The number of aromatic nitrogens is 1. The van der Waals surface area contributed by atoms with Gasteiger partial charge in [0.05, 0.1) is 28.8 Å². The van der Waals surface area contributed by atoms with Gasteiger partial charge in [-0.25, -0.2) is 4.85 Å². The van der Waals surface area contributed by atoms with Gasteiger partial charge in [-0.1, -0.05) is 36.4 Å². The second-order valence-electron chi connectivity index (χ2n) is 8.85. The highest BCUT2D eigenvalue weighted by molar-refractivity contribution is 6.62. The molecule has 1 fully saturated rings. The van der Waals surface area contributed by atoms with Gasteiger partial charge < -0.3 is 13.9 Å². The predicted molar refractivity (Wildman–Crippen MR) is 123 cm³/mol. The second-order valence-corrected chi connectivity index (χ2v) is 8.85. The first-order valence-corrected chi connectivity index (χ1v) is 10.2. The third-order valence-corrected chi connectivity index (χ3v) is 6.44. The molecule has 5 rings (SSSR count). The summed E-state index contributed by atoms with van der Waals surface area (Å²) in [5, 5.41) is 2.15. The molecule has 0 spiro atoms. The lowest BCUT2D eigenvalue weighted by Crippen LogP contribution is -2.41. The van der Waals surface area contributed by atoms with Crippen molar-refractivity contribution in [2.75, 3.05) is 0 Å². The van der Waals surface area contributed by atoms with E-state index in [9.17, 15) is 0 Å². The van der Waals surface area contributed by atoms with Crippen LogP contribution in [0.25, 0.3) is 32.3 Å². The third-order valence-electron chi connectivity index (χ3n) is 6.44. The quantitative estimate of drug-likeness (QED) is 0.325. The lowest BCUT2D eigenvalue weighted by molar-refractivity contribution is 0.00578. The van der Waals surface area contributed by atoms with E-state index in [-0.39, 0.29) is 11.2 Å². The summed E-state index contributed by atoms with van der Waals surface area (Å²) in [6.07, 6.45) is 0. The molecule has 148 valence electrons. The van der Waals surface area contributed by atoms with Gasteiger partial charge in [0.1, 0.15) is 0 Å². The van der Waals surface area contributed by atoms with E-state index in [0.29, 0.717) is 5.69 Å². The smallest absolute Gasteiger partial charge is 0.399 e. The van der Waals surface area contributed by atoms with E-state index in [2.05, 4.69) is 67.4 Å². The average molecular weight is 394 g/mol. The Morgan fingerprint density at radius 3 is 2.03 bits per heavy atom. The molecule has 1 aliphatic heterocycles. The van der Waals surface area contributed by atoms with Crippen LogP contribution in [0.5, 0.6) is 0 Å². The molecule has 0 aliphatic carbocycles. The van der Waals surface area contributed by atoms with E-state index in [4.69, 9.17) is 15.9 Å². The molecule has 0 N–H and O–H groups in total. The van der Waals surface area contributed by atoms with Gasteiger partial charge in [-0.3, -0.25) is 0 Å². The van der Waals surface area contributed by atoms with Gasteiger partial charge in [0.25, 0.3) is 0 Å². The van der Waals surface area contributed by atoms with Crippen molar-refractivity contribution >= 4 is 40.1 Å². The van der Waals surface area contributed by atoms with Gasteiger partial charge in [-0.05, 0) is 68.9 Å². The van der Waals surface area contributed by atoms with Gasteiger partial charge in [-0.15, -0.1) is 0 Å². The van der Waals surface area contributed by atoms with E-state index < -0.39 is 7.12 Å². The summed E-state index contributed by atoms with van der Waals surface area (Å²) in [7, 11) is -0.418. The number of rotatable bonds is 2. The van der Waals surface area contributed by atoms with E-state index >= 15 is 0 Å². The van der Waals surface area contributed by atoms with Crippen LogP contribution in [0.1, 0.15) is 27.7 Å². The van der Waals surface area contributed by atoms with Crippen molar-refractivity contribution in [3.05, 3.63) is 78.1 Å². The molecule has 5 heteroatoms. The van der Waals surface area contributed by atoms with Crippen LogP contribution in [0.3, 0.4) is 0 Å². The Kier molecular flexibility index (Phi) is 4.08. The number of hydrogen-bond donors (Lipinski definition) is 0. The maximum absolute atomic E-state index is 7.44.